The van der Waals surface area contributed by atoms with E-state index in [1.165, 1.54) is 0 Å². The van der Waals surface area contributed by atoms with Gasteiger partial charge in [0.05, 0.1) is 7.11 Å². The van der Waals surface area contributed by atoms with Crippen LogP contribution >= 0.6 is 0 Å². The van der Waals surface area contributed by atoms with Crippen LogP contribution in [0.3, 0.4) is 0 Å². The maximum atomic E-state index is 9.44. The zero-order chi connectivity index (χ0) is 11.4. The van der Waals surface area contributed by atoms with Gasteiger partial charge in [-0.2, -0.15) is 0 Å². The molecule has 0 saturated heterocycles. The van der Waals surface area contributed by atoms with Gasteiger partial charge in [-0.25, -0.2) is 0 Å². The first kappa shape index (κ1) is 10.5. The van der Waals surface area contributed by atoms with Gasteiger partial charge in [0.25, 0.3) is 0 Å². The number of pyridine rings is 1. The van der Waals surface area contributed by atoms with Crippen LogP contribution in [0.15, 0.2) is 42.6 Å². The number of methoxy groups -OCH3 is 1. The highest BCUT2D eigenvalue weighted by Gasteiger charge is 2.05. The lowest BCUT2D eigenvalue weighted by Gasteiger charge is -2.08. The summed E-state index contributed by atoms with van der Waals surface area (Å²) in [6, 6.07) is 10.8. The SMILES string of the molecule is COc1ccc(O)cc1Cc1ccccn1. The number of rotatable bonds is 3. The third-order valence-electron chi connectivity index (χ3n) is 2.36. The smallest absolute Gasteiger partial charge is 0.122 e. The number of hydrogen-bond donors (Lipinski definition) is 1. The Labute approximate surface area is 94.3 Å². The van der Waals surface area contributed by atoms with Gasteiger partial charge >= 0.3 is 0 Å². The Bertz CT molecular complexity index is 469. The van der Waals surface area contributed by atoms with Crippen LogP contribution < -0.4 is 4.74 Å². The zero-order valence-electron chi connectivity index (χ0n) is 9.05. The number of hydrogen-bond acceptors (Lipinski definition) is 3. The highest BCUT2D eigenvalue weighted by Crippen LogP contribution is 2.24. The summed E-state index contributed by atoms with van der Waals surface area (Å²) in [5.41, 5.74) is 1.88. The number of phenols is 1. The van der Waals surface area contributed by atoms with Crippen molar-refractivity contribution in [1.82, 2.24) is 4.98 Å². The summed E-state index contributed by atoms with van der Waals surface area (Å²) < 4.78 is 5.23. The van der Waals surface area contributed by atoms with Crippen molar-refractivity contribution in [1.29, 1.82) is 0 Å². The molecule has 0 saturated carbocycles. The summed E-state index contributed by atoms with van der Waals surface area (Å²) in [6.07, 6.45) is 2.41. The van der Waals surface area contributed by atoms with Gasteiger partial charge < -0.3 is 9.84 Å². The third-order valence-corrected chi connectivity index (χ3v) is 2.36. The molecule has 82 valence electrons. The maximum absolute atomic E-state index is 9.44. The highest BCUT2D eigenvalue weighted by molar-refractivity contribution is 5.41. The number of benzene rings is 1. The molecule has 2 aromatic rings. The van der Waals surface area contributed by atoms with Crippen LogP contribution in [0.4, 0.5) is 0 Å². The maximum Gasteiger partial charge on any atom is 0.122 e. The molecule has 3 heteroatoms. The van der Waals surface area contributed by atoms with Gasteiger partial charge in [-0.05, 0) is 30.3 Å². The predicted molar refractivity (Wildman–Crippen MR) is 61.7 cm³/mol. The highest BCUT2D eigenvalue weighted by atomic mass is 16.5. The van der Waals surface area contributed by atoms with Crippen LogP contribution in [-0.2, 0) is 6.42 Å². The number of phenolic OH excluding ortho intramolecular Hbond substituents is 1. The lowest BCUT2D eigenvalue weighted by atomic mass is 10.1. The van der Waals surface area contributed by atoms with E-state index in [0.717, 1.165) is 17.0 Å². The summed E-state index contributed by atoms with van der Waals surface area (Å²) in [7, 11) is 1.62. The second-order valence-corrected chi connectivity index (χ2v) is 3.49. The molecular weight excluding hydrogens is 202 g/mol. The van der Waals surface area contributed by atoms with Crippen molar-refractivity contribution in [3.8, 4) is 11.5 Å². The quantitative estimate of drug-likeness (QED) is 0.854. The van der Waals surface area contributed by atoms with Crippen molar-refractivity contribution >= 4 is 0 Å². The minimum Gasteiger partial charge on any atom is -0.508 e. The van der Waals surface area contributed by atoms with E-state index in [-0.39, 0.29) is 5.75 Å². The summed E-state index contributed by atoms with van der Waals surface area (Å²) in [5, 5.41) is 9.44. The van der Waals surface area contributed by atoms with E-state index in [1.807, 2.05) is 18.2 Å². The first-order valence-electron chi connectivity index (χ1n) is 5.05. The molecule has 0 atom stereocenters. The van der Waals surface area contributed by atoms with Crippen molar-refractivity contribution in [2.45, 2.75) is 6.42 Å². The van der Waals surface area contributed by atoms with E-state index in [9.17, 15) is 5.11 Å². The standard InChI is InChI=1S/C13H13NO2/c1-16-13-6-5-12(15)9-10(13)8-11-4-2-3-7-14-11/h2-7,9,15H,8H2,1H3. The van der Waals surface area contributed by atoms with Crippen LogP contribution in [0.25, 0.3) is 0 Å². The molecule has 1 N–H and O–H groups in total. The first-order chi connectivity index (χ1) is 7.79. The predicted octanol–water partition coefficient (Wildman–Crippen LogP) is 2.39. The molecule has 1 aromatic heterocycles. The van der Waals surface area contributed by atoms with Gasteiger partial charge in [0.2, 0.25) is 0 Å². The molecule has 0 aliphatic rings. The summed E-state index contributed by atoms with van der Waals surface area (Å²) in [6.45, 7) is 0. The largest absolute Gasteiger partial charge is 0.508 e. The van der Waals surface area contributed by atoms with Crippen molar-refractivity contribution in [2.24, 2.45) is 0 Å². The van der Waals surface area contributed by atoms with E-state index < -0.39 is 0 Å². The monoisotopic (exact) mass is 215 g/mol. The second kappa shape index (κ2) is 4.66. The number of aromatic hydroxyl groups is 1. The molecule has 0 aliphatic heterocycles. The van der Waals surface area contributed by atoms with Gasteiger partial charge in [0.1, 0.15) is 11.5 Å². The number of aromatic nitrogens is 1. The van der Waals surface area contributed by atoms with Crippen molar-refractivity contribution in [3.05, 3.63) is 53.9 Å². The van der Waals surface area contributed by atoms with Gasteiger partial charge in [0, 0.05) is 23.9 Å². The van der Waals surface area contributed by atoms with Gasteiger partial charge in [-0.1, -0.05) is 6.07 Å². The Balaban J connectivity index is 2.30. The minimum absolute atomic E-state index is 0.242. The van der Waals surface area contributed by atoms with Crippen molar-refractivity contribution < 1.29 is 9.84 Å². The molecule has 2 rings (SSSR count). The molecule has 0 aliphatic carbocycles. The Morgan fingerprint density at radius 3 is 2.81 bits per heavy atom. The first-order valence-corrected chi connectivity index (χ1v) is 5.05. The van der Waals surface area contributed by atoms with Crippen LogP contribution in [0, 0.1) is 0 Å². The number of nitrogens with zero attached hydrogens (tertiary/aromatic N) is 1. The topological polar surface area (TPSA) is 42.4 Å². The van der Waals surface area contributed by atoms with Gasteiger partial charge in [0.15, 0.2) is 0 Å². The molecule has 1 aromatic carbocycles. The molecule has 0 fully saturated rings. The Morgan fingerprint density at radius 1 is 1.25 bits per heavy atom. The van der Waals surface area contributed by atoms with Crippen molar-refractivity contribution in [2.75, 3.05) is 7.11 Å². The van der Waals surface area contributed by atoms with E-state index >= 15 is 0 Å². The molecule has 0 radical (unpaired) electrons. The molecule has 3 nitrogen and oxygen atoms in total. The molecule has 0 amide bonds. The van der Waals surface area contributed by atoms with E-state index in [2.05, 4.69) is 4.98 Å². The molecule has 16 heavy (non-hydrogen) atoms. The Hall–Kier alpha value is -2.03. The van der Waals surface area contributed by atoms with E-state index in [0.29, 0.717) is 6.42 Å². The average molecular weight is 215 g/mol. The lowest BCUT2D eigenvalue weighted by Crippen LogP contribution is -1.95. The lowest BCUT2D eigenvalue weighted by molar-refractivity contribution is 0.407. The van der Waals surface area contributed by atoms with Crippen LogP contribution in [0.1, 0.15) is 11.3 Å². The Kier molecular flexibility index (Phi) is 3.05. The van der Waals surface area contributed by atoms with E-state index in [4.69, 9.17) is 4.74 Å². The van der Waals surface area contributed by atoms with Gasteiger partial charge in [-0.15, -0.1) is 0 Å². The van der Waals surface area contributed by atoms with Crippen LogP contribution in [0.5, 0.6) is 11.5 Å². The molecule has 0 bridgehead atoms. The summed E-state index contributed by atoms with van der Waals surface area (Å²) >= 11 is 0. The fourth-order valence-electron chi connectivity index (χ4n) is 1.60. The van der Waals surface area contributed by atoms with E-state index in [1.54, 1.807) is 31.5 Å². The molecule has 1 heterocycles. The van der Waals surface area contributed by atoms with Crippen LogP contribution in [0.2, 0.25) is 0 Å². The Morgan fingerprint density at radius 2 is 2.12 bits per heavy atom. The van der Waals surface area contributed by atoms with Crippen molar-refractivity contribution in [3.63, 3.8) is 0 Å². The molecular formula is C13H13NO2. The zero-order valence-corrected chi connectivity index (χ0v) is 9.05. The normalized spacial score (nSPS) is 10.1. The van der Waals surface area contributed by atoms with Gasteiger partial charge in [-0.3, -0.25) is 4.98 Å². The average Bonchev–Trinajstić information content (AvgIpc) is 2.31. The fourth-order valence-corrected chi connectivity index (χ4v) is 1.60. The van der Waals surface area contributed by atoms with Crippen LogP contribution in [-0.4, -0.2) is 17.2 Å². The fraction of sp³-hybridized carbons (Fsp3) is 0.154. The molecule has 0 spiro atoms. The summed E-state index contributed by atoms with van der Waals surface area (Å²) in [5.74, 6) is 1.01. The second-order valence-electron chi connectivity index (χ2n) is 3.49. The minimum atomic E-state index is 0.242. The molecule has 0 unspecified atom stereocenters. The summed E-state index contributed by atoms with van der Waals surface area (Å²) in [4.78, 5) is 4.24. The third kappa shape index (κ3) is 2.31. The number of ether oxygens (including phenoxy) is 1.